The summed E-state index contributed by atoms with van der Waals surface area (Å²) < 4.78 is 28.9. The van der Waals surface area contributed by atoms with Crippen LogP contribution >= 0.6 is 0 Å². The van der Waals surface area contributed by atoms with Crippen molar-refractivity contribution < 1.29 is 33.0 Å². The molecule has 1 aliphatic heterocycles. The van der Waals surface area contributed by atoms with E-state index >= 15 is 0 Å². The predicted octanol–water partition coefficient (Wildman–Crippen LogP) is 6.01. The third-order valence-corrected chi connectivity index (χ3v) is 6.64. The summed E-state index contributed by atoms with van der Waals surface area (Å²) in [7, 11) is 0. The molecule has 0 radical (unpaired) electrons. The first-order chi connectivity index (χ1) is 20.7. The number of fused-ring (bicyclic) bond motifs is 1. The number of benzene rings is 3. The number of aromatic nitrogens is 1. The fraction of sp³-hybridized carbons (Fsp3) is 0.324. The molecular weight excluding hydrogens is 548 g/mol. The van der Waals surface area contributed by atoms with Gasteiger partial charge in [-0.2, -0.15) is 0 Å². The summed E-state index contributed by atoms with van der Waals surface area (Å²) in [5.74, 6) is 1.25. The Balaban J connectivity index is 1.23. The second kappa shape index (κ2) is 13.5. The van der Waals surface area contributed by atoms with Gasteiger partial charge in [0.2, 0.25) is 0 Å². The lowest BCUT2D eigenvalue weighted by Gasteiger charge is -2.31. The Hall–Kier alpha value is -4.79. The van der Waals surface area contributed by atoms with Crippen LogP contribution in [0.15, 0.2) is 89.7 Å². The van der Waals surface area contributed by atoms with Crippen LogP contribution in [0.5, 0.6) is 17.2 Å². The third-order valence-electron chi connectivity index (χ3n) is 6.64. The standard InChI is InChI=1S/C34H36N2O7/c1-34(2,3)43-31(37)16-13-24-9-11-25(12-10-24)20-36(33(38)32-35-17-18-39-32)21-28-23-41-29-15-14-27(19-30(29)42-28)40-22-26-7-5-4-6-8-26/h4-12,14-15,17-19,28H,13,16,20-23H2,1-3H3/t28-/m1/s1. The molecule has 4 aromatic rings. The predicted molar refractivity (Wildman–Crippen MR) is 159 cm³/mol. The number of nitrogens with zero attached hydrogens (tertiary/aromatic N) is 2. The first-order valence-corrected chi connectivity index (χ1v) is 14.3. The highest BCUT2D eigenvalue weighted by atomic mass is 16.6. The minimum absolute atomic E-state index is 0.00251. The first-order valence-electron chi connectivity index (χ1n) is 14.3. The summed E-state index contributed by atoms with van der Waals surface area (Å²) in [6.45, 7) is 6.82. The minimum Gasteiger partial charge on any atom is -0.489 e. The molecule has 0 fully saturated rings. The van der Waals surface area contributed by atoms with Crippen molar-refractivity contribution in [3.8, 4) is 17.2 Å². The number of esters is 1. The van der Waals surface area contributed by atoms with E-state index in [2.05, 4.69) is 4.98 Å². The van der Waals surface area contributed by atoms with Crippen molar-refractivity contribution >= 4 is 11.9 Å². The number of amides is 1. The van der Waals surface area contributed by atoms with Crippen LogP contribution in [0.2, 0.25) is 0 Å². The van der Waals surface area contributed by atoms with Gasteiger partial charge in [0.25, 0.3) is 5.89 Å². The molecule has 0 aliphatic carbocycles. The molecule has 0 saturated carbocycles. The molecule has 1 amide bonds. The molecule has 1 aliphatic rings. The normalized spacial score (nSPS) is 14.2. The number of aryl methyl sites for hydroxylation is 1. The van der Waals surface area contributed by atoms with E-state index in [1.165, 1.54) is 12.5 Å². The number of oxazole rings is 1. The molecule has 5 rings (SSSR count). The lowest BCUT2D eigenvalue weighted by Crippen LogP contribution is -2.43. The van der Waals surface area contributed by atoms with Gasteiger partial charge in [-0.3, -0.25) is 9.59 Å². The van der Waals surface area contributed by atoms with E-state index in [1.807, 2.05) is 87.5 Å². The SMILES string of the molecule is CC(C)(C)OC(=O)CCc1ccc(CN(C[C@@H]2COc3ccc(OCc4ccccc4)cc3O2)C(=O)c2ncco2)cc1. The van der Waals surface area contributed by atoms with Gasteiger partial charge in [0.1, 0.15) is 30.8 Å². The molecule has 0 spiro atoms. The number of carbonyl (C=O) groups is 2. The van der Waals surface area contributed by atoms with E-state index in [0.29, 0.717) is 43.2 Å². The van der Waals surface area contributed by atoms with E-state index in [-0.39, 0.29) is 30.9 Å². The molecule has 224 valence electrons. The van der Waals surface area contributed by atoms with Crippen LogP contribution in [0.3, 0.4) is 0 Å². The van der Waals surface area contributed by atoms with Gasteiger partial charge in [0.15, 0.2) is 17.6 Å². The zero-order valence-corrected chi connectivity index (χ0v) is 24.7. The molecular formula is C34H36N2O7. The van der Waals surface area contributed by atoms with Crippen molar-refractivity contribution in [2.45, 2.75) is 58.5 Å². The maximum atomic E-state index is 13.4. The van der Waals surface area contributed by atoms with Crippen LogP contribution in [0.4, 0.5) is 0 Å². The monoisotopic (exact) mass is 584 g/mol. The van der Waals surface area contributed by atoms with E-state index in [4.69, 9.17) is 23.4 Å². The molecule has 9 nitrogen and oxygen atoms in total. The van der Waals surface area contributed by atoms with Crippen LogP contribution in [0, 0.1) is 0 Å². The van der Waals surface area contributed by atoms with Crippen molar-refractivity contribution in [3.63, 3.8) is 0 Å². The van der Waals surface area contributed by atoms with Crippen LogP contribution in [-0.4, -0.2) is 46.6 Å². The first kappa shape index (κ1) is 29.7. The van der Waals surface area contributed by atoms with Gasteiger partial charge in [-0.1, -0.05) is 54.6 Å². The molecule has 0 saturated heterocycles. The summed E-state index contributed by atoms with van der Waals surface area (Å²) in [5, 5.41) is 0. The highest BCUT2D eigenvalue weighted by Gasteiger charge is 2.28. The average Bonchev–Trinajstić information content (AvgIpc) is 3.54. The van der Waals surface area contributed by atoms with Crippen molar-refractivity contribution in [1.29, 1.82) is 0 Å². The molecule has 3 aromatic carbocycles. The Bertz CT molecular complexity index is 1500. The van der Waals surface area contributed by atoms with Crippen molar-refractivity contribution in [2.24, 2.45) is 0 Å². The summed E-state index contributed by atoms with van der Waals surface area (Å²) >= 11 is 0. The zero-order chi connectivity index (χ0) is 30.2. The van der Waals surface area contributed by atoms with Crippen LogP contribution in [-0.2, 0) is 29.1 Å². The Morgan fingerprint density at radius 2 is 1.72 bits per heavy atom. The lowest BCUT2D eigenvalue weighted by molar-refractivity contribution is -0.154. The topological polar surface area (TPSA) is 100 Å². The molecule has 1 aromatic heterocycles. The Kier molecular flexibility index (Phi) is 9.29. The number of rotatable bonds is 11. The molecule has 0 unspecified atom stereocenters. The van der Waals surface area contributed by atoms with Gasteiger partial charge in [-0.25, -0.2) is 4.98 Å². The Morgan fingerprint density at radius 1 is 0.953 bits per heavy atom. The molecule has 0 N–H and O–H groups in total. The maximum absolute atomic E-state index is 13.4. The van der Waals surface area contributed by atoms with Gasteiger partial charge < -0.3 is 28.3 Å². The molecule has 1 atom stereocenters. The van der Waals surface area contributed by atoms with E-state index in [1.54, 1.807) is 11.0 Å². The zero-order valence-electron chi connectivity index (χ0n) is 24.7. The van der Waals surface area contributed by atoms with Crippen LogP contribution in [0.25, 0.3) is 0 Å². The summed E-state index contributed by atoms with van der Waals surface area (Å²) in [6.07, 6.45) is 3.25. The second-order valence-corrected chi connectivity index (χ2v) is 11.4. The Labute approximate surface area is 251 Å². The van der Waals surface area contributed by atoms with Crippen molar-refractivity contribution in [3.05, 3.63) is 108 Å². The third kappa shape index (κ3) is 8.61. The molecule has 43 heavy (non-hydrogen) atoms. The molecule has 9 heteroatoms. The largest absolute Gasteiger partial charge is 0.489 e. The molecule has 0 bridgehead atoms. The van der Waals surface area contributed by atoms with Gasteiger partial charge >= 0.3 is 11.9 Å². The Morgan fingerprint density at radius 3 is 2.44 bits per heavy atom. The number of carbonyl (C=O) groups excluding carboxylic acids is 2. The van der Waals surface area contributed by atoms with Gasteiger partial charge in [0.05, 0.1) is 12.7 Å². The van der Waals surface area contributed by atoms with E-state index < -0.39 is 11.7 Å². The van der Waals surface area contributed by atoms with Gasteiger partial charge in [0, 0.05) is 19.0 Å². The lowest BCUT2D eigenvalue weighted by atomic mass is 10.1. The number of ether oxygens (including phenoxy) is 4. The second-order valence-electron chi connectivity index (χ2n) is 11.4. The summed E-state index contributed by atoms with van der Waals surface area (Å²) in [6, 6.07) is 23.2. The number of hydrogen-bond acceptors (Lipinski definition) is 8. The summed E-state index contributed by atoms with van der Waals surface area (Å²) in [4.78, 5) is 31.2. The van der Waals surface area contributed by atoms with Crippen LogP contribution in [0.1, 0.15) is 54.6 Å². The highest BCUT2D eigenvalue weighted by Crippen LogP contribution is 2.35. The minimum atomic E-state index is -0.507. The molecule has 2 heterocycles. The maximum Gasteiger partial charge on any atom is 0.310 e. The fourth-order valence-electron chi connectivity index (χ4n) is 4.62. The fourth-order valence-corrected chi connectivity index (χ4v) is 4.62. The van der Waals surface area contributed by atoms with Crippen molar-refractivity contribution in [1.82, 2.24) is 9.88 Å². The number of hydrogen-bond donors (Lipinski definition) is 0. The van der Waals surface area contributed by atoms with Gasteiger partial charge in [-0.05, 0) is 56.0 Å². The summed E-state index contributed by atoms with van der Waals surface area (Å²) in [5.41, 5.74) is 2.47. The van der Waals surface area contributed by atoms with E-state index in [9.17, 15) is 9.59 Å². The van der Waals surface area contributed by atoms with E-state index in [0.717, 1.165) is 16.7 Å². The quantitative estimate of drug-likeness (QED) is 0.198. The van der Waals surface area contributed by atoms with Crippen molar-refractivity contribution in [2.75, 3.05) is 13.2 Å². The average molecular weight is 585 g/mol. The highest BCUT2D eigenvalue weighted by molar-refractivity contribution is 5.89. The smallest absolute Gasteiger partial charge is 0.310 e. The van der Waals surface area contributed by atoms with Gasteiger partial charge in [-0.15, -0.1) is 0 Å². The van der Waals surface area contributed by atoms with Crippen LogP contribution < -0.4 is 14.2 Å².